The van der Waals surface area contributed by atoms with Crippen LogP contribution in [-0.2, 0) is 14.3 Å². The van der Waals surface area contributed by atoms with Crippen molar-refractivity contribution in [2.75, 3.05) is 26.1 Å². The van der Waals surface area contributed by atoms with Gasteiger partial charge >= 0.3 is 11.8 Å². The maximum atomic E-state index is 12.1. The summed E-state index contributed by atoms with van der Waals surface area (Å²) in [6.45, 7) is 2.14. The van der Waals surface area contributed by atoms with Crippen LogP contribution in [0.4, 0.5) is 5.69 Å². The van der Waals surface area contributed by atoms with Crippen molar-refractivity contribution < 1.29 is 19.1 Å². The SMILES string of the molecule is COCC(C)N(C)C(=O)C(=O)Nc1ccc(Oc2ccc(C#N)cc2)cc1. The minimum atomic E-state index is -0.721. The van der Waals surface area contributed by atoms with Gasteiger partial charge in [-0.2, -0.15) is 5.26 Å². The summed E-state index contributed by atoms with van der Waals surface area (Å²) in [6.07, 6.45) is 0. The fourth-order valence-electron chi connectivity index (χ4n) is 2.24. The number of rotatable bonds is 6. The molecule has 0 aliphatic carbocycles. The lowest BCUT2D eigenvalue weighted by Crippen LogP contribution is -2.43. The molecule has 0 saturated carbocycles. The number of carbonyl (C=O) groups is 2. The molecule has 2 aromatic carbocycles. The molecule has 0 spiro atoms. The summed E-state index contributed by atoms with van der Waals surface area (Å²) in [5, 5.41) is 11.4. The van der Waals surface area contributed by atoms with Crippen molar-refractivity contribution in [1.82, 2.24) is 4.90 Å². The molecule has 1 N–H and O–H groups in total. The van der Waals surface area contributed by atoms with Gasteiger partial charge in [0.25, 0.3) is 0 Å². The lowest BCUT2D eigenvalue weighted by Gasteiger charge is -2.23. The number of methoxy groups -OCH3 is 1. The second-order valence-corrected chi connectivity index (χ2v) is 5.94. The van der Waals surface area contributed by atoms with Gasteiger partial charge in [-0.1, -0.05) is 0 Å². The molecule has 0 fully saturated rings. The van der Waals surface area contributed by atoms with E-state index in [1.165, 1.54) is 12.0 Å². The van der Waals surface area contributed by atoms with Crippen LogP contribution in [0.2, 0.25) is 0 Å². The number of nitrogens with one attached hydrogen (secondary N) is 1. The molecule has 2 rings (SSSR count). The van der Waals surface area contributed by atoms with Crippen LogP contribution < -0.4 is 10.1 Å². The molecule has 0 bridgehead atoms. The van der Waals surface area contributed by atoms with Crippen LogP contribution in [0, 0.1) is 11.3 Å². The summed E-state index contributed by atoms with van der Waals surface area (Å²) in [4.78, 5) is 25.6. The Labute approximate surface area is 158 Å². The zero-order chi connectivity index (χ0) is 19.8. The number of hydrogen-bond donors (Lipinski definition) is 1. The van der Waals surface area contributed by atoms with E-state index in [0.717, 1.165) is 0 Å². The van der Waals surface area contributed by atoms with Crippen LogP contribution >= 0.6 is 0 Å². The van der Waals surface area contributed by atoms with E-state index in [-0.39, 0.29) is 6.04 Å². The minimum Gasteiger partial charge on any atom is -0.457 e. The van der Waals surface area contributed by atoms with Crippen molar-refractivity contribution in [2.24, 2.45) is 0 Å². The van der Waals surface area contributed by atoms with Crippen molar-refractivity contribution in [1.29, 1.82) is 5.26 Å². The predicted octanol–water partition coefficient (Wildman–Crippen LogP) is 2.78. The quantitative estimate of drug-likeness (QED) is 0.793. The third kappa shape index (κ3) is 5.56. The third-order valence-electron chi connectivity index (χ3n) is 3.91. The maximum absolute atomic E-state index is 12.1. The molecule has 7 heteroatoms. The maximum Gasteiger partial charge on any atom is 0.313 e. The summed E-state index contributed by atoms with van der Waals surface area (Å²) in [6, 6.07) is 15.2. The van der Waals surface area contributed by atoms with E-state index in [1.54, 1.807) is 62.5 Å². The normalized spacial score (nSPS) is 11.2. The fourth-order valence-corrected chi connectivity index (χ4v) is 2.24. The highest BCUT2D eigenvalue weighted by atomic mass is 16.5. The Morgan fingerprint density at radius 2 is 1.67 bits per heavy atom. The van der Waals surface area contributed by atoms with Crippen LogP contribution in [0.5, 0.6) is 11.5 Å². The number of hydrogen-bond acceptors (Lipinski definition) is 5. The molecule has 1 atom stereocenters. The first kappa shape index (κ1) is 19.9. The molecule has 140 valence electrons. The zero-order valence-corrected chi connectivity index (χ0v) is 15.4. The van der Waals surface area contributed by atoms with Gasteiger partial charge in [-0.05, 0) is 55.5 Å². The first-order valence-corrected chi connectivity index (χ1v) is 8.29. The predicted molar refractivity (Wildman–Crippen MR) is 100 cm³/mol. The molecule has 27 heavy (non-hydrogen) atoms. The highest BCUT2D eigenvalue weighted by Gasteiger charge is 2.22. The van der Waals surface area contributed by atoms with E-state index < -0.39 is 11.8 Å². The van der Waals surface area contributed by atoms with E-state index in [4.69, 9.17) is 14.7 Å². The van der Waals surface area contributed by atoms with Gasteiger partial charge in [-0.15, -0.1) is 0 Å². The molecule has 2 amide bonds. The number of amides is 2. The molecule has 1 unspecified atom stereocenters. The monoisotopic (exact) mass is 367 g/mol. The van der Waals surface area contributed by atoms with Gasteiger partial charge in [0.05, 0.1) is 24.3 Å². The second-order valence-electron chi connectivity index (χ2n) is 5.94. The Balaban J connectivity index is 1.95. The Hall–Kier alpha value is -3.37. The van der Waals surface area contributed by atoms with Crippen LogP contribution in [0.3, 0.4) is 0 Å². The topological polar surface area (TPSA) is 91.7 Å². The van der Waals surface area contributed by atoms with Crippen molar-refractivity contribution in [3.8, 4) is 17.6 Å². The molecule has 0 heterocycles. The number of likely N-dealkylation sites (N-methyl/N-ethyl adjacent to an activating group) is 1. The standard InChI is InChI=1S/C20H21N3O4/c1-14(13-26-3)23(2)20(25)19(24)22-16-6-10-18(11-7-16)27-17-8-4-15(12-21)5-9-17/h4-11,14H,13H2,1-3H3,(H,22,24). The van der Waals surface area contributed by atoms with Gasteiger partial charge in [0.1, 0.15) is 11.5 Å². The molecular weight excluding hydrogens is 346 g/mol. The average Bonchev–Trinajstić information content (AvgIpc) is 2.69. The Kier molecular flexibility index (Phi) is 6.92. The van der Waals surface area contributed by atoms with Gasteiger partial charge < -0.3 is 19.7 Å². The largest absolute Gasteiger partial charge is 0.457 e. The number of carbonyl (C=O) groups excluding carboxylic acids is 2. The summed E-state index contributed by atoms with van der Waals surface area (Å²) in [5.74, 6) is -0.205. The molecule has 0 aromatic heterocycles. The lowest BCUT2D eigenvalue weighted by molar-refractivity contribution is -0.144. The number of ether oxygens (including phenoxy) is 2. The van der Waals surface area contributed by atoms with Crippen LogP contribution in [0.15, 0.2) is 48.5 Å². The van der Waals surface area contributed by atoms with Gasteiger partial charge in [0.2, 0.25) is 0 Å². The number of nitriles is 1. The summed E-state index contributed by atoms with van der Waals surface area (Å²) < 4.78 is 10.7. The Bertz CT molecular complexity index is 826. The van der Waals surface area contributed by atoms with Gasteiger partial charge in [-0.25, -0.2) is 0 Å². The van der Waals surface area contributed by atoms with Crippen LogP contribution in [0.25, 0.3) is 0 Å². The van der Waals surface area contributed by atoms with Crippen LogP contribution in [0.1, 0.15) is 12.5 Å². The van der Waals surface area contributed by atoms with Crippen molar-refractivity contribution >= 4 is 17.5 Å². The molecular formula is C20H21N3O4. The second kappa shape index (κ2) is 9.36. The molecule has 0 radical (unpaired) electrons. The van der Waals surface area contributed by atoms with E-state index in [9.17, 15) is 9.59 Å². The molecule has 0 saturated heterocycles. The van der Waals surface area contributed by atoms with E-state index in [1.807, 2.05) is 6.07 Å². The summed E-state index contributed by atoms with van der Waals surface area (Å²) >= 11 is 0. The van der Waals surface area contributed by atoms with Crippen molar-refractivity contribution in [3.05, 3.63) is 54.1 Å². The van der Waals surface area contributed by atoms with E-state index in [2.05, 4.69) is 5.32 Å². The van der Waals surface area contributed by atoms with Crippen molar-refractivity contribution in [2.45, 2.75) is 13.0 Å². The van der Waals surface area contributed by atoms with Gasteiger partial charge in [-0.3, -0.25) is 9.59 Å². The Morgan fingerprint density at radius 3 is 2.19 bits per heavy atom. The fraction of sp³-hybridized carbons (Fsp3) is 0.250. The molecule has 0 aliphatic rings. The minimum absolute atomic E-state index is 0.212. The number of nitrogens with zero attached hydrogens (tertiary/aromatic N) is 2. The smallest absolute Gasteiger partial charge is 0.313 e. The highest BCUT2D eigenvalue weighted by Crippen LogP contribution is 2.23. The average molecular weight is 367 g/mol. The zero-order valence-electron chi connectivity index (χ0n) is 15.4. The van der Waals surface area contributed by atoms with Crippen LogP contribution in [-0.4, -0.2) is 43.5 Å². The number of anilines is 1. The first-order valence-electron chi connectivity index (χ1n) is 8.29. The highest BCUT2D eigenvalue weighted by molar-refractivity contribution is 6.39. The molecule has 0 aliphatic heterocycles. The Morgan fingerprint density at radius 1 is 1.11 bits per heavy atom. The van der Waals surface area contributed by atoms with Gasteiger partial charge in [0.15, 0.2) is 0 Å². The molecule has 7 nitrogen and oxygen atoms in total. The van der Waals surface area contributed by atoms with Gasteiger partial charge in [0, 0.05) is 19.8 Å². The van der Waals surface area contributed by atoms with E-state index >= 15 is 0 Å². The third-order valence-corrected chi connectivity index (χ3v) is 3.91. The number of benzene rings is 2. The summed E-state index contributed by atoms with van der Waals surface area (Å²) in [7, 11) is 3.09. The lowest BCUT2D eigenvalue weighted by atomic mass is 10.2. The van der Waals surface area contributed by atoms with Crippen molar-refractivity contribution in [3.63, 3.8) is 0 Å². The molecule has 2 aromatic rings. The first-order chi connectivity index (χ1) is 12.9. The van der Waals surface area contributed by atoms with E-state index in [0.29, 0.717) is 29.4 Å². The summed E-state index contributed by atoms with van der Waals surface area (Å²) in [5.41, 5.74) is 1.03.